The van der Waals surface area contributed by atoms with Crippen molar-refractivity contribution in [2.75, 3.05) is 5.32 Å². The molecule has 104 valence electrons. The van der Waals surface area contributed by atoms with Crippen LogP contribution < -0.4 is 10.6 Å². The third-order valence-electron chi connectivity index (χ3n) is 2.87. The quantitative estimate of drug-likeness (QED) is 0.834. The number of hydrogen-bond acceptors (Lipinski definition) is 3. The minimum Gasteiger partial charge on any atom is -0.331 e. The lowest BCUT2D eigenvalue weighted by Crippen LogP contribution is -2.36. The molecule has 0 saturated carbocycles. The van der Waals surface area contributed by atoms with Gasteiger partial charge in [0.2, 0.25) is 5.91 Å². The van der Waals surface area contributed by atoms with Crippen LogP contribution in [0.15, 0.2) is 30.3 Å². The van der Waals surface area contributed by atoms with Gasteiger partial charge in [-0.15, -0.1) is 0 Å². The molecule has 2 N–H and O–H groups in total. The van der Waals surface area contributed by atoms with Crippen LogP contribution in [0.5, 0.6) is 0 Å². The van der Waals surface area contributed by atoms with E-state index in [4.69, 9.17) is 12.2 Å². The maximum Gasteiger partial charge on any atom is 0.228 e. The highest BCUT2D eigenvalue weighted by molar-refractivity contribution is 7.80. The monoisotopic (exact) mass is 287 g/mol. The van der Waals surface area contributed by atoms with Crippen molar-refractivity contribution in [2.24, 2.45) is 5.92 Å². The summed E-state index contributed by atoms with van der Waals surface area (Å²) in [6, 6.07) is 9.78. The number of carbonyl (C=O) groups is 1. The van der Waals surface area contributed by atoms with Crippen molar-refractivity contribution < 1.29 is 4.79 Å². The molecule has 4 nitrogen and oxygen atoms in total. The van der Waals surface area contributed by atoms with Crippen molar-refractivity contribution in [3.05, 3.63) is 36.0 Å². The molecule has 0 atom stereocenters. The molecular formula is C15H17N3OS. The number of aryl methyl sites for hydroxylation is 1. The molecule has 1 aromatic heterocycles. The molecule has 0 saturated heterocycles. The van der Waals surface area contributed by atoms with Gasteiger partial charge in [-0.3, -0.25) is 9.78 Å². The highest BCUT2D eigenvalue weighted by Crippen LogP contribution is 2.21. The first kappa shape index (κ1) is 14.4. The molecule has 1 aromatic carbocycles. The number of hydrogen-bond donors (Lipinski definition) is 2. The molecule has 0 unspecified atom stereocenters. The Morgan fingerprint density at radius 1 is 1.25 bits per heavy atom. The molecule has 2 aromatic rings. The summed E-state index contributed by atoms with van der Waals surface area (Å²) in [6.45, 7) is 5.58. The van der Waals surface area contributed by atoms with Gasteiger partial charge in [-0.05, 0) is 31.3 Å². The summed E-state index contributed by atoms with van der Waals surface area (Å²) >= 11 is 5.16. The number of pyridine rings is 1. The third-order valence-corrected chi connectivity index (χ3v) is 3.07. The lowest BCUT2D eigenvalue weighted by molar-refractivity contribution is -0.122. The number of amides is 1. The normalized spacial score (nSPS) is 10.6. The van der Waals surface area contributed by atoms with E-state index in [0.29, 0.717) is 5.11 Å². The average Bonchev–Trinajstić information content (AvgIpc) is 2.39. The van der Waals surface area contributed by atoms with Crippen LogP contribution in [0.4, 0.5) is 5.69 Å². The van der Waals surface area contributed by atoms with Gasteiger partial charge in [0, 0.05) is 17.0 Å². The van der Waals surface area contributed by atoms with Crippen molar-refractivity contribution in [2.45, 2.75) is 20.8 Å². The summed E-state index contributed by atoms with van der Waals surface area (Å²) in [5.74, 6) is -0.213. The van der Waals surface area contributed by atoms with Crippen molar-refractivity contribution in [1.82, 2.24) is 10.3 Å². The average molecular weight is 287 g/mol. The van der Waals surface area contributed by atoms with E-state index < -0.39 is 0 Å². The zero-order valence-corrected chi connectivity index (χ0v) is 12.5. The van der Waals surface area contributed by atoms with E-state index in [2.05, 4.69) is 15.6 Å². The van der Waals surface area contributed by atoms with Crippen LogP contribution in [-0.2, 0) is 4.79 Å². The van der Waals surface area contributed by atoms with Crippen molar-refractivity contribution >= 4 is 39.8 Å². The summed E-state index contributed by atoms with van der Waals surface area (Å²) in [4.78, 5) is 16.1. The van der Waals surface area contributed by atoms with E-state index in [1.807, 2.05) is 51.1 Å². The van der Waals surface area contributed by atoms with E-state index >= 15 is 0 Å². The number of para-hydroxylation sites is 1. The summed E-state index contributed by atoms with van der Waals surface area (Å²) in [7, 11) is 0. The van der Waals surface area contributed by atoms with Crippen LogP contribution in [0.1, 0.15) is 19.5 Å². The number of anilines is 1. The van der Waals surface area contributed by atoms with E-state index in [9.17, 15) is 4.79 Å². The molecule has 1 amide bonds. The highest BCUT2D eigenvalue weighted by atomic mass is 32.1. The van der Waals surface area contributed by atoms with Gasteiger partial charge in [-0.2, -0.15) is 0 Å². The Balaban J connectivity index is 2.23. The fraction of sp³-hybridized carbons (Fsp3) is 0.267. The van der Waals surface area contributed by atoms with Gasteiger partial charge in [0.15, 0.2) is 5.11 Å². The molecule has 0 radical (unpaired) electrons. The van der Waals surface area contributed by atoms with Crippen LogP contribution in [0.2, 0.25) is 0 Å². The second kappa shape index (κ2) is 5.96. The van der Waals surface area contributed by atoms with Crippen molar-refractivity contribution in [3.8, 4) is 0 Å². The molecule has 0 aliphatic rings. The van der Waals surface area contributed by atoms with Crippen LogP contribution in [0.25, 0.3) is 10.9 Å². The molecule has 2 rings (SSSR count). The third kappa shape index (κ3) is 3.30. The zero-order chi connectivity index (χ0) is 14.7. The second-order valence-electron chi connectivity index (χ2n) is 4.93. The molecule has 0 fully saturated rings. The van der Waals surface area contributed by atoms with Crippen LogP contribution in [-0.4, -0.2) is 16.0 Å². The highest BCUT2D eigenvalue weighted by Gasteiger charge is 2.10. The zero-order valence-electron chi connectivity index (χ0n) is 11.7. The summed E-state index contributed by atoms with van der Waals surface area (Å²) in [5.41, 5.74) is 2.57. The summed E-state index contributed by atoms with van der Waals surface area (Å²) < 4.78 is 0. The summed E-state index contributed by atoms with van der Waals surface area (Å²) in [6.07, 6.45) is 0. The first-order chi connectivity index (χ1) is 9.47. The number of thiocarbonyl (C=S) groups is 1. The standard InChI is InChI=1S/C15H17N3OS/c1-9(2)14(19)18-15(20)17-12-6-4-5-11-8-7-10(3)16-13(11)12/h4-9H,1-3H3,(H2,17,18,19,20). The minimum atomic E-state index is -0.109. The molecular weight excluding hydrogens is 270 g/mol. The smallest absolute Gasteiger partial charge is 0.228 e. The number of benzene rings is 1. The van der Waals surface area contributed by atoms with E-state index in [0.717, 1.165) is 22.3 Å². The fourth-order valence-corrected chi connectivity index (χ4v) is 1.97. The van der Waals surface area contributed by atoms with Gasteiger partial charge in [0.1, 0.15) is 0 Å². The maximum absolute atomic E-state index is 11.6. The second-order valence-corrected chi connectivity index (χ2v) is 5.34. The first-order valence-corrected chi connectivity index (χ1v) is 6.86. The van der Waals surface area contributed by atoms with Gasteiger partial charge in [0.05, 0.1) is 11.2 Å². The molecule has 0 bridgehead atoms. The fourth-order valence-electron chi connectivity index (χ4n) is 1.76. The predicted octanol–water partition coefficient (Wildman–Crippen LogP) is 3.01. The largest absolute Gasteiger partial charge is 0.331 e. The molecule has 0 spiro atoms. The van der Waals surface area contributed by atoms with Crippen LogP contribution >= 0.6 is 12.2 Å². The number of nitrogens with zero attached hydrogens (tertiary/aromatic N) is 1. The van der Waals surface area contributed by atoms with Gasteiger partial charge in [-0.25, -0.2) is 0 Å². The molecule has 0 aliphatic carbocycles. The molecule has 20 heavy (non-hydrogen) atoms. The Labute approximate surface area is 123 Å². The van der Waals surface area contributed by atoms with E-state index in [-0.39, 0.29) is 11.8 Å². The van der Waals surface area contributed by atoms with Crippen molar-refractivity contribution in [3.63, 3.8) is 0 Å². The van der Waals surface area contributed by atoms with Crippen molar-refractivity contribution in [1.29, 1.82) is 0 Å². The van der Waals surface area contributed by atoms with Crippen LogP contribution in [0.3, 0.4) is 0 Å². The minimum absolute atomic E-state index is 0.105. The number of aromatic nitrogens is 1. The topological polar surface area (TPSA) is 54.0 Å². The van der Waals surface area contributed by atoms with Gasteiger partial charge in [-0.1, -0.05) is 32.0 Å². The SMILES string of the molecule is Cc1ccc2cccc(NC(=S)NC(=O)C(C)C)c2n1. The summed E-state index contributed by atoms with van der Waals surface area (Å²) in [5, 5.41) is 7.01. The van der Waals surface area contributed by atoms with E-state index in [1.54, 1.807) is 0 Å². The van der Waals surface area contributed by atoms with Crippen LogP contribution in [0, 0.1) is 12.8 Å². The van der Waals surface area contributed by atoms with E-state index in [1.165, 1.54) is 0 Å². The Morgan fingerprint density at radius 3 is 2.70 bits per heavy atom. The first-order valence-electron chi connectivity index (χ1n) is 6.45. The number of nitrogens with one attached hydrogen (secondary N) is 2. The molecule has 5 heteroatoms. The van der Waals surface area contributed by atoms with Gasteiger partial charge in [0.25, 0.3) is 0 Å². The van der Waals surface area contributed by atoms with Gasteiger partial charge >= 0.3 is 0 Å². The molecule has 1 heterocycles. The Bertz CT molecular complexity index is 667. The number of fused-ring (bicyclic) bond motifs is 1. The Kier molecular flexibility index (Phi) is 4.29. The maximum atomic E-state index is 11.6. The number of carbonyl (C=O) groups excluding carboxylic acids is 1. The Morgan fingerprint density at radius 2 is 2.00 bits per heavy atom. The predicted molar refractivity (Wildman–Crippen MR) is 85.7 cm³/mol. The lowest BCUT2D eigenvalue weighted by Gasteiger charge is -2.12. The molecule has 0 aliphatic heterocycles. The van der Waals surface area contributed by atoms with Gasteiger partial charge < -0.3 is 10.6 Å². The lowest BCUT2D eigenvalue weighted by atomic mass is 10.2. The number of rotatable bonds is 2. The Hall–Kier alpha value is -2.01.